The van der Waals surface area contributed by atoms with Crippen LogP contribution in [0.15, 0.2) is 41.2 Å². The summed E-state index contributed by atoms with van der Waals surface area (Å²) in [4.78, 5) is 37.4. The largest absolute Gasteiger partial charge is 0.338 e. The van der Waals surface area contributed by atoms with Crippen molar-refractivity contribution in [3.05, 3.63) is 58.1 Å². The van der Waals surface area contributed by atoms with Crippen LogP contribution in [-0.4, -0.2) is 40.0 Å². The summed E-state index contributed by atoms with van der Waals surface area (Å²) in [6.45, 7) is 0.836. The lowest BCUT2D eigenvalue weighted by Crippen LogP contribution is -2.43. The van der Waals surface area contributed by atoms with Gasteiger partial charge >= 0.3 is 0 Å². The molecule has 2 N–H and O–H groups in total. The Bertz CT molecular complexity index is 814. The molecule has 0 aliphatic carbocycles. The molecule has 8 heteroatoms. The van der Waals surface area contributed by atoms with Crippen molar-refractivity contribution >= 4 is 17.6 Å². The van der Waals surface area contributed by atoms with Gasteiger partial charge in [-0.15, -0.1) is 0 Å². The Morgan fingerprint density at radius 3 is 2.64 bits per heavy atom. The second kappa shape index (κ2) is 7.25. The second-order valence-corrected chi connectivity index (χ2v) is 5.89. The summed E-state index contributed by atoms with van der Waals surface area (Å²) in [7, 11) is 0. The minimum Gasteiger partial charge on any atom is -0.338 e. The molecule has 1 aromatic carbocycles. The molecule has 0 bridgehead atoms. The molecule has 7 nitrogen and oxygen atoms in total. The number of aromatic amines is 1. The highest BCUT2D eigenvalue weighted by Crippen LogP contribution is 2.20. The monoisotopic (exact) mass is 344 g/mol. The number of carbonyl (C=O) groups is 2. The van der Waals surface area contributed by atoms with Crippen molar-refractivity contribution in [2.75, 3.05) is 18.4 Å². The van der Waals surface area contributed by atoms with Gasteiger partial charge in [0.05, 0.1) is 5.92 Å². The van der Waals surface area contributed by atoms with Crippen LogP contribution in [0.1, 0.15) is 23.2 Å². The van der Waals surface area contributed by atoms with Crippen LogP contribution in [0.25, 0.3) is 0 Å². The molecule has 1 saturated heterocycles. The lowest BCUT2D eigenvalue weighted by Gasteiger charge is -2.32. The molecule has 0 spiro atoms. The van der Waals surface area contributed by atoms with E-state index < -0.39 is 5.82 Å². The number of nitrogens with zero attached hydrogens (tertiary/aromatic N) is 2. The third kappa shape index (κ3) is 4.09. The Morgan fingerprint density at radius 2 is 1.96 bits per heavy atom. The van der Waals surface area contributed by atoms with Gasteiger partial charge in [-0.1, -0.05) is 0 Å². The maximum atomic E-state index is 13.0. The van der Waals surface area contributed by atoms with Gasteiger partial charge in [-0.2, -0.15) is 5.10 Å². The summed E-state index contributed by atoms with van der Waals surface area (Å²) in [6, 6.07) is 8.04. The smallest absolute Gasteiger partial charge is 0.264 e. The van der Waals surface area contributed by atoms with Crippen LogP contribution in [-0.2, 0) is 4.79 Å². The van der Waals surface area contributed by atoms with E-state index in [1.807, 2.05) is 0 Å². The molecular weight excluding hydrogens is 327 g/mol. The molecule has 1 aliphatic rings. The number of rotatable bonds is 3. The average Bonchev–Trinajstić information content (AvgIpc) is 2.64. The van der Waals surface area contributed by atoms with Crippen molar-refractivity contribution in [3.63, 3.8) is 0 Å². The molecular formula is C17H17FN4O3. The van der Waals surface area contributed by atoms with Crippen molar-refractivity contribution in [1.29, 1.82) is 0 Å². The van der Waals surface area contributed by atoms with Gasteiger partial charge in [0.25, 0.3) is 11.5 Å². The lowest BCUT2D eigenvalue weighted by molar-refractivity contribution is -0.121. The predicted molar refractivity (Wildman–Crippen MR) is 88.5 cm³/mol. The molecule has 0 radical (unpaired) electrons. The number of piperidine rings is 1. The van der Waals surface area contributed by atoms with Crippen LogP contribution >= 0.6 is 0 Å². The lowest BCUT2D eigenvalue weighted by atomic mass is 9.96. The summed E-state index contributed by atoms with van der Waals surface area (Å²) < 4.78 is 13.0. The van der Waals surface area contributed by atoms with E-state index in [4.69, 9.17) is 0 Å². The number of nitrogens with one attached hydrogen (secondary N) is 2. The van der Waals surface area contributed by atoms with Gasteiger partial charge in [-0.3, -0.25) is 14.4 Å². The molecule has 2 heterocycles. The number of hydrogen-bond donors (Lipinski definition) is 2. The Morgan fingerprint density at radius 1 is 1.20 bits per heavy atom. The van der Waals surface area contributed by atoms with E-state index in [9.17, 15) is 18.8 Å². The molecule has 1 fully saturated rings. The molecule has 1 atom stereocenters. The Kier molecular flexibility index (Phi) is 4.87. The van der Waals surface area contributed by atoms with Gasteiger partial charge in [0.1, 0.15) is 5.82 Å². The SMILES string of the molecule is O=C(Nc1ccc(=O)[nH]n1)[C@H]1CCCN(C(=O)c2ccc(F)cc2)C1. The first kappa shape index (κ1) is 16.8. The highest BCUT2D eigenvalue weighted by molar-refractivity contribution is 5.96. The van der Waals surface area contributed by atoms with Gasteiger partial charge in [0.15, 0.2) is 5.82 Å². The number of amides is 2. The predicted octanol–water partition coefficient (Wildman–Crippen LogP) is 1.40. The summed E-state index contributed by atoms with van der Waals surface area (Å²) in [6.07, 6.45) is 1.35. The molecule has 1 aromatic heterocycles. The van der Waals surface area contributed by atoms with Crippen molar-refractivity contribution < 1.29 is 14.0 Å². The zero-order valence-corrected chi connectivity index (χ0v) is 13.4. The number of H-pyrrole nitrogens is 1. The number of halogens is 1. The minimum absolute atomic E-state index is 0.223. The molecule has 1 aliphatic heterocycles. The zero-order valence-electron chi connectivity index (χ0n) is 13.4. The Balaban J connectivity index is 1.64. The van der Waals surface area contributed by atoms with Crippen LogP contribution < -0.4 is 10.9 Å². The van der Waals surface area contributed by atoms with E-state index in [1.54, 1.807) is 4.90 Å². The fourth-order valence-electron chi connectivity index (χ4n) is 2.79. The first-order valence-electron chi connectivity index (χ1n) is 7.94. The number of aromatic nitrogens is 2. The molecule has 130 valence electrons. The van der Waals surface area contributed by atoms with Gasteiger partial charge in [-0.25, -0.2) is 9.49 Å². The maximum absolute atomic E-state index is 13.0. The second-order valence-electron chi connectivity index (χ2n) is 5.89. The number of carbonyl (C=O) groups excluding carboxylic acids is 2. The first-order chi connectivity index (χ1) is 12.0. The molecule has 3 rings (SSSR count). The van der Waals surface area contributed by atoms with E-state index >= 15 is 0 Å². The minimum atomic E-state index is -0.402. The van der Waals surface area contributed by atoms with E-state index in [-0.39, 0.29) is 35.7 Å². The van der Waals surface area contributed by atoms with Crippen LogP contribution in [0, 0.1) is 11.7 Å². The van der Waals surface area contributed by atoms with Crippen LogP contribution in [0.3, 0.4) is 0 Å². The zero-order chi connectivity index (χ0) is 17.8. The summed E-state index contributed by atoms with van der Waals surface area (Å²) in [5.41, 5.74) is 0.0384. The number of anilines is 1. The molecule has 0 unspecified atom stereocenters. The highest BCUT2D eigenvalue weighted by atomic mass is 19.1. The average molecular weight is 344 g/mol. The van der Waals surface area contributed by atoms with Crippen molar-refractivity contribution in [2.24, 2.45) is 5.92 Å². The molecule has 2 amide bonds. The number of hydrogen-bond acceptors (Lipinski definition) is 4. The van der Waals surface area contributed by atoms with E-state index in [2.05, 4.69) is 15.5 Å². The Labute approximate surface area is 142 Å². The number of likely N-dealkylation sites (tertiary alicyclic amines) is 1. The fourth-order valence-corrected chi connectivity index (χ4v) is 2.79. The number of benzene rings is 1. The summed E-state index contributed by atoms with van der Waals surface area (Å²) in [5, 5.41) is 8.62. The third-order valence-corrected chi connectivity index (χ3v) is 4.10. The van der Waals surface area contributed by atoms with E-state index in [0.717, 1.165) is 0 Å². The van der Waals surface area contributed by atoms with E-state index in [1.165, 1.54) is 36.4 Å². The summed E-state index contributed by atoms with van der Waals surface area (Å²) >= 11 is 0. The van der Waals surface area contributed by atoms with Crippen LogP contribution in [0.2, 0.25) is 0 Å². The molecule has 25 heavy (non-hydrogen) atoms. The highest BCUT2D eigenvalue weighted by Gasteiger charge is 2.29. The van der Waals surface area contributed by atoms with E-state index in [0.29, 0.717) is 24.9 Å². The van der Waals surface area contributed by atoms with Gasteiger partial charge < -0.3 is 10.2 Å². The maximum Gasteiger partial charge on any atom is 0.264 e. The summed E-state index contributed by atoms with van der Waals surface area (Å²) in [5.74, 6) is -0.991. The first-order valence-corrected chi connectivity index (χ1v) is 7.94. The van der Waals surface area contributed by atoms with Gasteiger partial charge in [-0.05, 0) is 43.2 Å². The van der Waals surface area contributed by atoms with Crippen molar-refractivity contribution in [3.8, 4) is 0 Å². The topological polar surface area (TPSA) is 95.2 Å². The van der Waals surface area contributed by atoms with Crippen molar-refractivity contribution in [2.45, 2.75) is 12.8 Å². The standard InChI is InChI=1S/C17H17FN4O3/c18-13-5-3-11(4-6-13)17(25)22-9-1-2-12(10-22)16(24)19-14-7-8-15(23)21-20-14/h3-8,12H,1-2,9-10H2,(H,21,23)(H,19,20,24)/t12-/m0/s1. The van der Waals surface area contributed by atoms with Crippen LogP contribution in [0.5, 0.6) is 0 Å². The van der Waals surface area contributed by atoms with Crippen molar-refractivity contribution in [1.82, 2.24) is 15.1 Å². The van der Waals surface area contributed by atoms with Gasteiger partial charge in [0.2, 0.25) is 5.91 Å². The third-order valence-electron chi connectivity index (χ3n) is 4.10. The fraction of sp³-hybridized carbons (Fsp3) is 0.294. The quantitative estimate of drug-likeness (QED) is 0.880. The molecule has 0 saturated carbocycles. The molecule has 2 aromatic rings. The van der Waals surface area contributed by atoms with Gasteiger partial charge in [0, 0.05) is 24.7 Å². The van der Waals surface area contributed by atoms with Crippen LogP contribution in [0.4, 0.5) is 10.2 Å². The Hall–Kier alpha value is -3.03. The normalized spacial score (nSPS) is 17.2.